The first-order valence-electron chi connectivity index (χ1n) is 9.77. The topological polar surface area (TPSA) is 72.4 Å². The average Bonchev–Trinajstić information content (AvgIpc) is 2.77. The van der Waals surface area contributed by atoms with Crippen molar-refractivity contribution < 1.29 is 14.3 Å². The van der Waals surface area contributed by atoms with Crippen LogP contribution in [0.1, 0.15) is 35.5 Å². The molecule has 0 atom stereocenters. The van der Waals surface area contributed by atoms with Gasteiger partial charge in [0, 0.05) is 31.0 Å². The number of carbonyl (C=O) groups is 2. The fourth-order valence-corrected chi connectivity index (χ4v) is 2.98. The van der Waals surface area contributed by atoms with E-state index in [2.05, 4.69) is 9.97 Å². The smallest absolute Gasteiger partial charge is 0.338 e. The van der Waals surface area contributed by atoms with Gasteiger partial charge in [-0.3, -0.25) is 14.8 Å². The molecule has 30 heavy (non-hydrogen) atoms. The summed E-state index contributed by atoms with van der Waals surface area (Å²) in [7, 11) is 1.71. The maximum Gasteiger partial charge on any atom is 0.338 e. The maximum atomic E-state index is 12.8. The molecule has 1 aromatic heterocycles. The summed E-state index contributed by atoms with van der Waals surface area (Å²) in [6, 6.07) is 13.4. The number of ether oxygens (including phenoxy) is 1. The number of carbonyl (C=O) groups excluding carboxylic acids is 2. The Kier molecular flexibility index (Phi) is 6.57. The van der Waals surface area contributed by atoms with Gasteiger partial charge < -0.3 is 9.64 Å². The Labute approximate surface area is 176 Å². The lowest BCUT2D eigenvalue weighted by molar-refractivity contribution is -0.121. The zero-order valence-electron chi connectivity index (χ0n) is 17.6. The molecule has 0 saturated heterocycles. The largest absolute Gasteiger partial charge is 0.456 e. The molecule has 0 saturated carbocycles. The van der Waals surface area contributed by atoms with Crippen molar-refractivity contribution in [1.82, 2.24) is 9.97 Å². The maximum absolute atomic E-state index is 12.8. The Bertz CT molecular complexity index is 1030. The normalized spacial score (nSPS) is 10.7. The zero-order chi connectivity index (χ0) is 21.7. The first kappa shape index (κ1) is 21.2. The SMILES string of the molecule is Cc1ccc(-c2cc(C(=O)OCc3cnccn3)cc(N(C)C(=O)C(C)C)c2)cc1. The predicted octanol–water partition coefficient (Wildman–Crippen LogP) is 4.43. The van der Waals surface area contributed by atoms with Crippen LogP contribution >= 0.6 is 0 Å². The number of rotatable bonds is 6. The molecular weight excluding hydrogens is 378 g/mol. The highest BCUT2D eigenvalue weighted by molar-refractivity contribution is 5.98. The highest BCUT2D eigenvalue weighted by atomic mass is 16.5. The van der Waals surface area contributed by atoms with Gasteiger partial charge in [0.2, 0.25) is 5.91 Å². The van der Waals surface area contributed by atoms with Gasteiger partial charge in [-0.05, 0) is 36.2 Å². The number of amides is 1. The van der Waals surface area contributed by atoms with Crippen molar-refractivity contribution in [2.24, 2.45) is 5.92 Å². The van der Waals surface area contributed by atoms with Gasteiger partial charge in [0.1, 0.15) is 6.61 Å². The highest BCUT2D eigenvalue weighted by Crippen LogP contribution is 2.28. The van der Waals surface area contributed by atoms with Gasteiger partial charge in [-0.2, -0.15) is 0 Å². The summed E-state index contributed by atoms with van der Waals surface area (Å²) in [5.74, 6) is -0.679. The molecule has 1 amide bonds. The fraction of sp³-hybridized carbons (Fsp3) is 0.250. The van der Waals surface area contributed by atoms with E-state index in [1.165, 1.54) is 0 Å². The number of hydrogen-bond donors (Lipinski definition) is 0. The van der Waals surface area contributed by atoms with E-state index in [0.29, 0.717) is 16.9 Å². The molecule has 3 rings (SSSR count). The van der Waals surface area contributed by atoms with E-state index in [1.54, 1.807) is 42.7 Å². The molecule has 154 valence electrons. The Morgan fingerprint density at radius 1 is 1.03 bits per heavy atom. The van der Waals surface area contributed by atoms with Crippen LogP contribution in [0.4, 0.5) is 5.69 Å². The van der Waals surface area contributed by atoms with E-state index in [-0.39, 0.29) is 18.4 Å². The number of esters is 1. The molecule has 0 aliphatic rings. The number of anilines is 1. The summed E-state index contributed by atoms with van der Waals surface area (Å²) < 4.78 is 5.42. The van der Waals surface area contributed by atoms with Crippen LogP contribution in [-0.2, 0) is 16.1 Å². The minimum atomic E-state index is -0.485. The van der Waals surface area contributed by atoms with Crippen molar-refractivity contribution >= 4 is 17.6 Å². The first-order valence-corrected chi connectivity index (χ1v) is 9.77. The molecule has 0 bridgehead atoms. The van der Waals surface area contributed by atoms with Crippen LogP contribution in [0.2, 0.25) is 0 Å². The first-order chi connectivity index (χ1) is 14.3. The van der Waals surface area contributed by atoms with E-state index < -0.39 is 5.97 Å². The van der Waals surface area contributed by atoms with Gasteiger partial charge in [0.25, 0.3) is 0 Å². The molecule has 0 radical (unpaired) electrons. The molecular formula is C24H25N3O3. The highest BCUT2D eigenvalue weighted by Gasteiger charge is 2.18. The molecule has 0 aliphatic heterocycles. The summed E-state index contributed by atoms with van der Waals surface area (Å²) in [6.45, 7) is 5.74. The molecule has 0 fully saturated rings. The lowest BCUT2D eigenvalue weighted by Crippen LogP contribution is -2.30. The van der Waals surface area contributed by atoms with E-state index in [9.17, 15) is 9.59 Å². The number of aryl methyl sites for hydroxylation is 1. The summed E-state index contributed by atoms with van der Waals surface area (Å²) in [5.41, 5.74) is 4.50. The van der Waals surface area contributed by atoms with Gasteiger partial charge in [0.15, 0.2) is 0 Å². The summed E-state index contributed by atoms with van der Waals surface area (Å²) in [6.07, 6.45) is 4.66. The molecule has 1 heterocycles. The molecule has 0 aliphatic carbocycles. The summed E-state index contributed by atoms with van der Waals surface area (Å²) in [4.78, 5) is 34.9. The third kappa shape index (κ3) is 5.08. The predicted molar refractivity (Wildman–Crippen MR) is 116 cm³/mol. The molecule has 0 N–H and O–H groups in total. The van der Waals surface area contributed by atoms with Crippen molar-refractivity contribution in [3.05, 3.63) is 77.9 Å². The van der Waals surface area contributed by atoms with E-state index in [0.717, 1.165) is 16.7 Å². The molecule has 6 heteroatoms. The zero-order valence-corrected chi connectivity index (χ0v) is 17.6. The van der Waals surface area contributed by atoms with E-state index in [4.69, 9.17) is 4.74 Å². The Balaban J connectivity index is 1.95. The van der Waals surface area contributed by atoms with Gasteiger partial charge in [-0.25, -0.2) is 4.79 Å². The molecule has 2 aromatic carbocycles. The summed E-state index contributed by atoms with van der Waals surface area (Å²) in [5, 5.41) is 0. The molecule has 0 unspecified atom stereocenters. The quantitative estimate of drug-likeness (QED) is 0.570. The molecule has 3 aromatic rings. The minimum Gasteiger partial charge on any atom is -0.456 e. The molecule has 0 spiro atoms. The van der Waals surface area contributed by atoms with Crippen molar-refractivity contribution in [3.63, 3.8) is 0 Å². The van der Waals surface area contributed by atoms with E-state index in [1.807, 2.05) is 51.1 Å². The van der Waals surface area contributed by atoms with Crippen molar-refractivity contribution in [3.8, 4) is 11.1 Å². The van der Waals surface area contributed by atoms with Crippen LogP contribution in [0.25, 0.3) is 11.1 Å². The fourth-order valence-electron chi connectivity index (χ4n) is 2.98. The second-order valence-electron chi connectivity index (χ2n) is 7.46. The van der Waals surface area contributed by atoms with Crippen LogP contribution in [-0.4, -0.2) is 28.9 Å². The van der Waals surface area contributed by atoms with Gasteiger partial charge in [0.05, 0.1) is 17.5 Å². The van der Waals surface area contributed by atoms with E-state index >= 15 is 0 Å². The van der Waals surface area contributed by atoms with Crippen LogP contribution in [0.3, 0.4) is 0 Å². The lowest BCUT2D eigenvalue weighted by Gasteiger charge is -2.21. The standard InChI is InChI=1S/C24H25N3O3/c1-16(2)23(28)27(4)22-12-19(18-7-5-17(3)6-8-18)11-20(13-22)24(29)30-15-21-14-25-9-10-26-21/h5-14,16H,15H2,1-4H3. The number of aromatic nitrogens is 2. The van der Waals surface area contributed by atoms with Crippen molar-refractivity contribution in [2.75, 3.05) is 11.9 Å². The van der Waals surface area contributed by atoms with Gasteiger partial charge in [-0.15, -0.1) is 0 Å². The number of nitrogens with zero attached hydrogens (tertiary/aromatic N) is 3. The Morgan fingerprint density at radius 2 is 1.77 bits per heavy atom. The average molecular weight is 403 g/mol. The van der Waals surface area contributed by atoms with Crippen LogP contribution in [0.5, 0.6) is 0 Å². The second-order valence-corrected chi connectivity index (χ2v) is 7.46. The lowest BCUT2D eigenvalue weighted by atomic mass is 10.00. The third-order valence-corrected chi connectivity index (χ3v) is 4.72. The van der Waals surface area contributed by atoms with Crippen LogP contribution < -0.4 is 4.90 Å². The van der Waals surface area contributed by atoms with Crippen molar-refractivity contribution in [1.29, 1.82) is 0 Å². The number of benzene rings is 2. The minimum absolute atomic E-state index is 0.0253. The second kappa shape index (κ2) is 9.31. The third-order valence-electron chi connectivity index (χ3n) is 4.72. The molecule has 6 nitrogen and oxygen atoms in total. The van der Waals surface area contributed by atoms with Crippen LogP contribution in [0, 0.1) is 12.8 Å². The van der Waals surface area contributed by atoms with Crippen molar-refractivity contribution in [2.45, 2.75) is 27.4 Å². The van der Waals surface area contributed by atoms with Gasteiger partial charge in [-0.1, -0.05) is 43.7 Å². The Hall–Kier alpha value is -3.54. The monoisotopic (exact) mass is 403 g/mol. The van der Waals surface area contributed by atoms with Gasteiger partial charge >= 0.3 is 5.97 Å². The van der Waals surface area contributed by atoms with Crippen LogP contribution in [0.15, 0.2) is 61.1 Å². The summed E-state index contributed by atoms with van der Waals surface area (Å²) >= 11 is 0. The number of hydrogen-bond acceptors (Lipinski definition) is 5. The Morgan fingerprint density at radius 3 is 2.40 bits per heavy atom.